The fourth-order valence-corrected chi connectivity index (χ4v) is 0.558. The molecule has 0 amide bonds. The highest BCUT2D eigenvalue weighted by molar-refractivity contribution is 4.63. The van der Waals surface area contributed by atoms with Crippen LogP contribution in [-0.2, 0) is 4.84 Å². The first-order valence-electron chi connectivity index (χ1n) is 3.46. The van der Waals surface area contributed by atoms with E-state index in [2.05, 4.69) is 6.58 Å². The molecule has 0 atom stereocenters. The van der Waals surface area contributed by atoms with E-state index in [4.69, 9.17) is 10.6 Å². The van der Waals surface area contributed by atoms with Crippen LogP contribution in [0.5, 0.6) is 0 Å². The van der Waals surface area contributed by atoms with Gasteiger partial charge in [0.05, 0.1) is 6.61 Å². The maximum atomic E-state index is 5.30. The highest BCUT2D eigenvalue weighted by Gasteiger charge is 1.93. The zero-order valence-corrected chi connectivity index (χ0v) is 6.55. The SMILES string of the molecule is C=CCON(C)CCCN. The molecule has 2 N–H and O–H groups in total. The standard InChI is InChI=1S/C7H16N2O/c1-3-7-10-9(2)6-4-5-8/h3H,1,4-8H2,2H3. The van der Waals surface area contributed by atoms with Crippen molar-refractivity contribution in [2.75, 3.05) is 26.7 Å². The van der Waals surface area contributed by atoms with E-state index in [1.54, 1.807) is 11.1 Å². The molecule has 0 heterocycles. The number of hydrogen-bond acceptors (Lipinski definition) is 3. The second kappa shape index (κ2) is 6.74. The summed E-state index contributed by atoms with van der Waals surface area (Å²) in [5.41, 5.74) is 5.30. The van der Waals surface area contributed by atoms with E-state index in [0.29, 0.717) is 13.2 Å². The lowest BCUT2D eigenvalue weighted by atomic mass is 10.4. The van der Waals surface area contributed by atoms with Gasteiger partial charge in [0, 0.05) is 13.6 Å². The molecule has 0 fully saturated rings. The lowest BCUT2D eigenvalue weighted by molar-refractivity contribution is -0.127. The fourth-order valence-electron chi connectivity index (χ4n) is 0.558. The van der Waals surface area contributed by atoms with E-state index in [1.807, 2.05) is 7.05 Å². The van der Waals surface area contributed by atoms with Gasteiger partial charge in [-0.1, -0.05) is 6.08 Å². The molecule has 3 nitrogen and oxygen atoms in total. The van der Waals surface area contributed by atoms with Crippen LogP contribution in [0.3, 0.4) is 0 Å². The third kappa shape index (κ3) is 5.75. The fraction of sp³-hybridized carbons (Fsp3) is 0.714. The first kappa shape index (κ1) is 9.62. The molecule has 60 valence electrons. The monoisotopic (exact) mass is 144 g/mol. The Labute approximate surface area is 62.4 Å². The van der Waals surface area contributed by atoms with Gasteiger partial charge in [0.25, 0.3) is 0 Å². The van der Waals surface area contributed by atoms with Crippen LogP contribution in [0.25, 0.3) is 0 Å². The van der Waals surface area contributed by atoms with Crippen molar-refractivity contribution in [3.63, 3.8) is 0 Å². The minimum atomic E-state index is 0.571. The second-order valence-electron chi connectivity index (χ2n) is 2.08. The summed E-state index contributed by atoms with van der Waals surface area (Å²) in [6.07, 6.45) is 2.69. The zero-order valence-electron chi connectivity index (χ0n) is 6.55. The van der Waals surface area contributed by atoms with Gasteiger partial charge in [-0.15, -0.1) is 6.58 Å². The van der Waals surface area contributed by atoms with E-state index < -0.39 is 0 Å². The zero-order chi connectivity index (χ0) is 7.82. The number of nitrogens with two attached hydrogens (primary N) is 1. The first-order valence-corrected chi connectivity index (χ1v) is 3.46. The van der Waals surface area contributed by atoms with Crippen LogP contribution >= 0.6 is 0 Å². The Hall–Kier alpha value is -0.380. The van der Waals surface area contributed by atoms with Crippen LogP contribution in [0, 0.1) is 0 Å². The molecular formula is C7H16N2O. The van der Waals surface area contributed by atoms with Gasteiger partial charge in [0.1, 0.15) is 0 Å². The molecule has 10 heavy (non-hydrogen) atoms. The van der Waals surface area contributed by atoms with Crippen LogP contribution in [0.2, 0.25) is 0 Å². The summed E-state index contributed by atoms with van der Waals surface area (Å²) in [4.78, 5) is 5.15. The van der Waals surface area contributed by atoms with E-state index in [-0.39, 0.29) is 0 Å². The number of rotatable bonds is 6. The Balaban J connectivity index is 3.07. The summed E-state index contributed by atoms with van der Waals surface area (Å²) in [5.74, 6) is 0. The van der Waals surface area contributed by atoms with Crippen molar-refractivity contribution in [2.24, 2.45) is 5.73 Å². The van der Waals surface area contributed by atoms with Crippen molar-refractivity contribution in [2.45, 2.75) is 6.42 Å². The summed E-state index contributed by atoms with van der Waals surface area (Å²) in [6.45, 7) is 5.70. The topological polar surface area (TPSA) is 38.5 Å². The highest BCUT2D eigenvalue weighted by Crippen LogP contribution is 1.86. The molecule has 0 aliphatic rings. The normalized spacial score (nSPS) is 10.3. The molecule has 0 aromatic heterocycles. The minimum Gasteiger partial charge on any atom is -0.330 e. The van der Waals surface area contributed by atoms with Crippen LogP contribution < -0.4 is 5.73 Å². The first-order chi connectivity index (χ1) is 4.81. The maximum Gasteiger partial charge on any atom is 0.0863 e. The highest BCUT2D eigenvalue weighted by atomic mass is 16.7. The number of nitrogens with zero attached hydrogens (tertiary/aromatic N) is 1. The Morgan fingerprint density at radius 2 is 2.40 bits per heavy atom. The minimum absolute atomic E-state index is 0.571. The molecule has 0 radical (unpaired) electrons. The molecule has 0 aromatic carbocycles. The maximum absolute atomic E-state index is 5.30. The van der Waals surface area contributed by atoms with Gasteiger partial charge in [-0.3, -0.25) is 4.84 Å². The Kier molecular flexibility index (Phi) is 6.48. The van der Waals surface area contributed by atoms with Crippen molar-refractivity contribution in [1.82, 2.24) is 5.06 Å². The number of hydrogen-bond donors (Lipinski definition) is 1. The van der Waals surface area contributed by atoms with Gasteiger partial charge >= 0.3 is 0 Å². The van der Waals surface area contributed by atoms with E-state index in [1.165, 1.54) is 0 Å². The van der Waals surface area contributed by atoms with E-state index in [9.17, 15) is 0 Å². The number of hydroxylamine groups is 2. The molecular weight excluding hydrogens is 128 g/mol. The molecule has 0 spiro atoms. The van der Waals surface area contributed by atoms with Crippen LogP contribution in [0.1, 0.15) is 6.42 Å². The smallest absolute Gasteiger partial charge is 0.0863 e. The summed E-state index contributed by atoms with van der Waals surface area (Å²) >= 11 is 0. The van der Waals surface area contributed by atoms with Crippen molar-refractivity contribution in [3.8, 4) is 0 Å². The van der Waals surface area contributed by atoms with Gasteiger partial charge in [0.15, 0.2) is 0 Å². The predicted molar refractivity (Wildman–Crippen MR) is 42.5 cm³/mol. The molecule has 3 heteroatoms. The Morgan fingerprint density at radius 1 is 1.70 bits per heavy atom. The quantitative estimate of drug-likeness (QED) is 0.433. The molecule has 0 aromatic rings. The van der Waals surface area contributed by atoms with Gasteiger partial charge in [-0.05, 0) is 13.0 Å². The third-order valence-corrected chi connectivity index (χ3v) is 1.09. The molecule has 0 rings (SSSR count). The van der Waals surface area contributed by atoms with Crippen LogP contribution in [0.4, 0.5) is 0 Å². The lowest BCUT2D eigenvalue weighted by Gasteiger charge is -2.13. The van der Waals surface area contributed by atoms with Gasteiger partial charge < -0.3 is 5.73 Å². The lowest BCUT2D eigenvalue weighted by Crippen LogP contribution is -2.22. The van der Waals surface area contributed by atoms with Crippen LogP contribution in [-0.4, -0.2) is 31.8 Å². The summed E-state index contributed by atoms with van der Waals surface area (Å²) < 4.78 is 0. The van der Waals surface area contributed by atoms with E-state index in [0.717, 1.165) is 13.0 Å². The largest absolute Gasteiger partial charge is 0.330 e. The molecule has 0 unspecified atom stereocenters. The van der Waals surface area contributed by atoms with Crippen molar-refractivity contribution < 1.29 is 4.84 Å². The van der Waals surface area contributed by atoms with Gasteiger partial charge in [-0.25, -0.2) is 0 Å². The van der Waals surface area contributed by atoms with Crippen molar-refractivity contribution in [3.05, 3.63) is 12.7 Å². The van der Waals surface area contributed by atoms with Gasteiger partial charge in [-0.2, -0.15) is 5.06 Å². The van der Waals surface area contributed by atoms with Gasteiger partial charge in [0.2, 0.25) is 0 Å². The molecule has 0 aliphatic carbocycles. The van der Waals surface area contributed by atoms with Crippen molar-refractivity contribution in [1.29, 1.82) is 0 Å². The molecule has 0 aliphatic heterocycles. The average Bonchev–Trinajstić information content (AvgIpc) is 1.97. The van der Waals surface area contributed by atoms with Crippen molar-refractivity contribution >= 4 is 0 Å². The summed E-state index contributed by atoms with van der Waals surface area (Å²) in [5, 5.41) is 1.77. The summed E-state index contributed by atoms with van der Waals surface area (Å²) in [6, 6.07) is 0. The molecule has 0 saturated carbocycles. The van der Waals surface area contributed by atoms with Crippen LogP contribution in [0.15, 0.2) is 12.7 Å². The molecule has 0 bridgehead atoms. The second-order valence-corrected chi connectivity index (χ2v) is 2.08. The summed E-state index contributed by atoms with van der Waals surface area (Å²) in [7, 11) is 1.89. The third-order valence-electron chi connectivity index (χ3n) is 1.09. The molecule has 0 saturated heterocycles. The Bertz CT molecular complexity index is 85.7. The predicted octanol–water partition coefficient (Wildman–Crippen LogP) is 0.385. The Morgan fingerprint density at radius 3 is 2.90 bits per heavy atom. The van der Waals surface area contributed by atoms with E-state index >= 15 is 0 Å². The average molecular weight is 144 g/mol.